The van der Waals surface area contributed by atoms with Gasteiger partial charge < -0.3 is 9.47 Å². The lowest BCUT2D eigenvalue weighted by molar-refractivity contribution is -0.146. The Hall–Kier alpha value is -1.57. The second-order valence-corrected chi connectivity index (χ2v) is 6.61. The van der Waals surface area contributed by atoms with Gasteiger partial charge in [0.1, 0.15) is 0 Å². The molecule has 0 unspecified atom stereocenters. The largest absolute Gasteiger partial charge is 0.416 e. The van der Waals surface area contributed by atoms with Gasteiger partial charge in [0.15, 0.2) is 11.4 Å². The van der Waals surface area contributed by atoms with Crippen molar-refractivity contribution in [2.75, 3.05) is 13.2 Å². The van der Waals surface area contributed by atoms with Crippen molar-refractivity contribution in [2.45, 2.75) is 24.6 Å². The van der Waals surface area contributed by atoms with E-state index in [1.54, 1.807) is 24.3 Å². The highest BCUT2D eigenvalue weighted by Crippen LogP contribution is 2.29. The minimum atomic E-state index is -4.32. The summed E-state index contributed by atoms with van der Waals surface area (Å²) in [4.78, 5) is 11.0. The molecule has 2 rings (SSSR count). The SMILES string of the molecule is CC(=O)SC1COC(C=CC=Cc2ccc(C(F)(F)F)cc2)OC1. The minimum absolute atomic E-state index is 0.00911. The molecule has 0 N–H and O–H groups in total. The molecule has 0 spiro atoms. The van der Waals surface area contributed by atoms with Gasteiger partial charge in [-0.15, -0.1) is 0 Å². The topological polar surface area (TPSA) is 35.5 Å². The van der Waals surface area contributed by atoms with Crippen LogP contribution in [0.3, 0.4) is 0 Å². The van der Waals surface area contributed by atoms with E-state index in [0.29, 0.717) is 18.8 Å². The third kappa shape index (κ3) is 6.14. The van der Waals surface area contributed by atoms with Gasteiger partial charge >= 0.3 is 6.18 Å². The fourth-order valence-electron chi connectivity index (χ4n) is 2.02. The number of allylic oxidation sites excluding steroid dienone is 2. The van der Waals surface area contributed by atoms with Crippen molar-refractivity contribution in [1.82, 2.24) is 0 Å². The van der Waals surface area contributed by atoms with Crippen LogP contribution in [0.4, 0.5) is 13.2 Å². The summed E-state index contributed by atoms with van der Waals surface area (Å²) < 4.78 is 48.3. The average Bonchev–Trinajstić information content (AvgIpc) is 2.52. The van der Waals surface area contributed by atoms with E-state index >= 15 is 0 Å². The summed E-state index contributed by atoms with van der Waals surface area (Å²) in [7, 11) is 0. The fraction of sp³-hybridized carbons (Fsp3) is 0.353. The van der Waals surface area contributed by atoms with Crippen LogP contribution in [0.5, 0.6) is 0 Å². The molecule has 0 aromatic heterocycles. The molecular weight excluding hydrogens is 341 g/mol. The van der Waals surface area contributed by atoms with Crippen LogP contribution in [0.1, 0.15) is 18.1 Å². The molecule has 1 aromatic carbocycles. The molecule has 0 bridgehead atoms. The molecule has 1 aliphatic rings. The highest BCUT2D eigenvalue weighted by Gasteiger charge is 2.29. The van der Waals surface area contributed by atoms with E-state index in [1.807, 2.05) is 0 Å². The third-order valence-corrected chi connectivity index (χ3v) is 4.07. The van der Waals surface area contributed by atoms with Crippen LogP contribution >= 0.6 is 11.8 Å². The maximum Gasteiger partial charge on any atom is 0.416 e. The average molecular weight is 358 g/mol. The number of thioether (sulfide) groups is 1. The van der Waals surface area contributed by atoms with Crippen molar-refractivity contribution in [3.63, 3.8) is 0 Å². The number of carbonyl (C=O) groups is 1. The van der Waals surface area contributed by atoms with Gasteiger partial charge in [0.25, 0.3) is 0 Å². The van der Waals surface area contributed by atoms with Gasteiger partial charge in [0.2, 0.25) is 0 Å². The number of benzene rings is 1. The quantitative estimate of drug-likeness (QED) is 0.752. The highest BCUT2D eigenvalue weighted by molar-refractivity contribution is 8.14. The van der Waals surface area contributed by atoms with Crippen LogP contribution < -0.4 is 0 Å². The molecule has 0 saturated carbocycles. The van der Waals surface area contributed by atoms with Gasteiger partial charge in [-0.3, -0.25) is 4.79 Å². The monoisotopic (exact) mass is 358 g/mol. The predicted molar refractivity (Wildman–Crippen MR) is 87.4 cm³/mol. The van der Waals surface area contributed by atoms with Crippen LogP contribution in [-0.4, -0.2) is 29.9 Å². The first-order chi connectivity index (χ1) is 11.3. The number of halogens is 3. The summed E-state index contributed by atoms with van der Waals surface area (Å²) in [5, 5.41) is 0.0375. The fourth-order valence-corrected chi connectivity index (χ4v) is 2.78. The van der Waals surface area contributed by atoms with Crippen molar-refractivity contribution in [2.24, 2.45) is 0 Å². The van der Waals surface area contributed by atoms with Crippen LogP contribution in [0.2, 0.25) is 0 Å². The first kappa shape index (κ1) is 18.8. The van der Waals surface area contributed by atoms with E-state index in [-0.39, 0.29) is 10.4 Å². The number of carbonyl (C=O) groups excluding carboxylic acids is 1. The van der Waals surface area contributed by atoms with E-state index in [0.717, 1.165) is 12.1 Å². The summed E-state index contributed by atoms with van der Waals surface area (Å²) >= 11 is 1.20. The van der Waals surface area contributed by atoms with Crippen molar-refractivity contribution < 1.29 is 27.4 Å². The number of alkyl halides is 3. The summed E-state index contributed by atoms with van der Waals surface area (Å²) in [6, 6.07) is 4.90. The molecular formula is C17H17F3O3S. The molecule has 0 radical (unpaired) electrons. The van der Waals surface area contributed by atoms with Gasteiger partial charge in [0.05, 0.1) is 24.0 Å². The lowest BCUT2D eigenvalue weighted by Crippen LogP contribution is -2.33. The first-order valence-electron chi connectivity index (χ1n) is 7.27. The number of hydrogen-bond donors (Lipinski definition) is 0. The number of rotatable bonds is 4. The summed E-state index contributed by atoms with van der Waals surface area (Å²) in [5.41, 5.74) is -0.00626. The molecule has 0 aliphatic carbocycles. The number of hydrogen-bond acceptors (Lipinski definition) is 4. The lowest BCUT2D eigenvalue weighted by atomic mass is 10.1. The van der Waals surface area contributed by atoms with Crippen LogP contribution in [0, 0.1) is 0 Å². The Bertz CT molecular complexity index is 601. The van der Waals surface area contributed by atoms with E-state index in [2.05, 4.69) is 0 Å². The van der Waals surface area contributed by atoms with Crippen LogP contribution in [0.15, 0.2) is 42.5 Å². The second-order valence-electron chi connectivity index (χ2n) is 5.13. The third-order valence-electron chi connectivity index (χ3n) is 3.13. The van der Waals surface area contributed by atoms with Crippen LogP contribution in [0.25, 0.3) is 6.08 Å². The predicted octanol–water partition coefficient (Wildman–Crippen LogP) is 4.30. The molecule has 0 atom stereocenters. The molecule has 1 fully saturated rings. The van der Waals surface area contributed by atoms with Gasteiger partial charge in [-0.2, -0.15) is 13.2 Å². The van der Waals surface area contributed by atoms with Crippen molar-refractivity contribution >= 4 is 23.0 Å². The number of ether oxygens (including phenoxy) is 2. The zero-order chi connectivity index (χ0) is 17.6. The first-order valence-corrected chi connectivity index (χ1v) is 8.15. The lowest BCUT2D eigenvalue weighted by Gasteiger charge is -2.26. The van der Waals surface area contributed by atoms with Crippen molar-refractivity contribution in [1.29, 1.82) is 0 Å². The Balaban J connectivity index is 1.80. The molecule has 3 nitrogen and oxygen atoms in total. The van der Waals surface area contributed by atoms with E-state index in [4.69, 9.17) is 9.47 Å². The molecule has 1 saturated heterocycles. The van der Waals surface area contributed by atoms with Gasteiger partial charge in [-0.1, -0.05) is 42.1 Å². The van der Waals surface area contributed by atoms with E-state index < -0.39 is 18.0 Å². The molecule has 24 heavy (non-hydrogen) atoms. The zero-order valence-electron chi connectivity index (χ0n) is 13.0. The normalized spacial score (nSPS) is 22.3. The van der Waals surface area contributed by atoms with Crippen molar-refractivity contribution in [3.8, 4) is 0 Å². The van der Waals surface area contributed by atoms with E-state index in [1.165, 1.54) is 30.8 Å². The minimum Gasteiger partial charge on any atom is -0.348 e. The van der Waals surface area contributed by atoms with Crippen LogP contribution in [-0.2, 0) is 20.4 Å². The van der Waals surface area contributed by atoms with Gasteiger partial charge in [-0.05, 0) is 23.8 Å². The standard InChI is InChI=1S/C17H17F3O3S/c1-12(21)24-15-10-22-16(23-11-15)5-3-2-4-13-6-8-14(9-7-13)17(18,19)20/h2-9,15-16H,10-11H2,1H3. The van der Waals surface area contributed by atoms with Crippen molar-refractivity contribution in [3.05, 3.63) is 53.6 Å². The van der Waals surface area contributed by atoms with E-state index in [9.17, 15) is 18.0 Å². The Morgan fingerprint density at radius 1 is 1.17 bits per heavy atom. The molecule has 1 aliphatic heterocycles. The van der Waals surface area contributed by atoms with Gasteiger partial charge in [0, 0.05) is 6.92 Å². The Morgan fingerprint density at radius 2 is 1.79 bits per heavy atom. The Morgan fingerprint density at radius 3 is 2.33 bits per heavy atom. The zero-order valence-corrected chi connectivity index (χ0v) is 13.8. The highest BCUT2D eigenvalue weighted by atomic mass is 32.2. The van der Waals surface area contributed by atoms with Gasteiger partial charge in [-0.25, -0.2) is 0 Å². The molecule has 7 heteroatoms. The summed E-state index contributed by atoms with van der Waals surface area (Å²) in [6.07, 6.45) is 2.00. The maximum absolute atomic E-state index is 12.5. The Kier molecular flexibility index (Phi) is 6.65. The molecule has 1 aromatic rings. The Labute approximate surface area is 142 Å². The maximum atomic E-state index is 12.5. The second kappa shape index (κ2) is 8.50. The molecule has 0 amide bonds. The molecule has 130 valence electrons. The molecule has 1 heterocycles. The smallest absolute Gasteiger partial charge is 0.348 e. The summed E-state index contributed by atoms with van der Waals surface area (Å²) in [6.45, 7) is 2.37. The summed E-state index contributed by atoms with van der Waals surface area (Å²) in [5.74, 6) is 0.